The van der Waals surface area contributed by atoms with Crippen LogP contribution in [0.1, 0.15) is 13.8 Å². The molecule has 0 radical (unpaired) electrons. The minimum Gasteiger partial charge on any atom is -0.506 e. The van der Waals surface area contributed by atoms with Gasteiger partial charge in [-0.2, -0.15) is 0 Å². The molecule has 2 amide bonds. The van der Waals surface area contributed by atoms with Crippen LogP contribution in [0.2, 0.25) is 0 Å². The van der Waals surface area contributed by atoms with Crippen molar-refractivity contribution in [3.63, 3.8) is 0 Å². The van der Waals surface area contributed by atoms with E-state index >= 15 is 0 Å². The van der Waals surface area contributed by atoms with E-state index in [4.69, 9.17) is 0 Å². The summed E-state index contributed by atoms with van der Waals surface area (Å²) < 4.78 is 0. The number of carbonyl (C=O) groups excluding carboxylic acids is 2. The molecule has 0 atom stereocenters. The number of aromatic hydroxyl groups is 1. The van der Waals surface area contributed by atoms with Gasteiger partial charge in [-0.25, -0.2) is 0 Å². The number of carbonyl (C=O) groups is 2. The summed E-state index contributed by atoms with van der Waals surface area (Å²) >= 11 is 1.19. The Morgan fingerprint density at radius 1 is 1.14 bits per heavy atom. The molecule has 0 aliphatic heterocycles. The highest BCUT2D eigenvalue weighted by molar-refractivity contribution is 7.13. The van der Waals surface area contributed by atoms with E-state index in [-0.39, 0.29) is 34.6 Å². The fraction of sp³-hybridized carbons (Fsp3) is 0.167. The van der Waals surface area contributed by atoms with Crippen molar-refractivity contribution in [1.82, 2.24) is 10.2 Å². The van der Waals surface area contributed by atoms with E-state index in [0.29, 0.717) is 5.13 Å². The largest absolute Gasteiger partial charge is 0.506 e. The SMILES string of the molecule is CC(=O)Nc1cc(N=Nc2nncs2)c(NC(C)=O)cc1O. The Hall–Kier alpha value is -2.88. The van der Waals surface area contributed by atoms with Crippen molar-refractivity contribution in [2.24, 2.45) is 10.2 Å². The molecular weight excluding hydrogens is 308 g/mol. The van der Waals surface area contributed by atoms with Crippen molar-refractivity contribution >= 4 is 45.3 Å². The molecule has 1 heterocycles. The average molecular weight is 320 g/mol. The number of amides is 2. The van der Waals surface area contributed by atoms with Crippen molar-refractivity contribution in [3.8, 4) is 5.75 Å². The second-order valence-corrected chi connectivity index (χ2v) is 4.98. The third-order valence-electron chi connectivity index (χ3n) is 2.33. The van der Waals surface area contributed by atoms with E-state index in [1.165, 1.54) is 42.8 Å². The summed E-state index contributed by atoms with van der Waals surface area (Å²) in [5, 5.41) is 30.4. The van der Waals surface area contributed by atoms with Gasteiger partial charge in [-0.1, -0.05) is 11.3 Å². The van der Waals surface area contributed by atoms with Crippen LogP contribution < -0.4 is 10.6 Å². The van der Waals surface area contributed by atoms with Crippen molar-refractivity contribution in [2.75, 3.05) is 10.6 Å². The third kappa shape index (κ3) is 4.06. The molecule has 22 heavy (non-hydrogen) atoms. The van der Waals surface area contributed by atoms with E-state index in [1.54, 1.807) is 0 Å². The first-order valence-electron chi connectivity index (χ1n) is 6.06. The number of phenols is 1. The minimum atomic E-state index is -0.352. The Kier molecular flexibility index (Phi) is 4.73. The molecule has 3 N–H and O–H groups in total. The number of benzene rings is 1. The van der Waals surface area contributed by atoms with Gasteiger partial charge in [0.2, 0.25) is 11.8 Å². The number of nitrogens with one attached hydrogen (secondary N) is 2. The topological polar surface area (TPSA) is 129 Å². The first kappa shape index (κ1) is 15.5. The van der Waals surface area contributed by atoms with Gasteiger partial charge in [0, 0.05) is 19.9 Å². The van der Waals surface area contributed by atoms with Crippen LogP contribution in [0, 0.1) is 0 Å². The van der Waals surface area contributed by atoms with Crippen LogP contribution in [-0.2, 0) is 9.59 Å². The molecule has 0 saturated carbocycles. The summed E-state index contributed by atoms with van der Waals surface area (Å²) in [5.74, 6) is -0.887. The quantitative estimate of drug-likeness (QED) is 0.589. The molecule has 0 bridgehead atoms. The standard InChI is InChI=1S/C12H12N6O3S/c1-6(19)14-8-4-11(21)10(15-7(2)20)3-9(8)16-18-12-17-13-5-22-12/h3-5,21H,1-2H3,(H,14,19)(H,15,20). The monoisotopic (exact) mass is 320 g/mol. The van der Waals surface area contributed by atoms with E-state index in [9.17, 15) is 14.7 Å². The van der Waals surface area contributed by atoms with Crippen molar-refractivity contribution < 1.29 is 14.7 Å². The van der Waals surface area contributed by atoms with Crippen LogP contribution in [0.3, 0.4) is 0 Å². The summed E-state index contributed by atoms with van der Waals surface area (Å²) in [7, 11) is 0. The fourth-order valence-electron chi connectivity index (χ4n) is 1.55. The maximum absolute atomic E-state index is 11.2. The Balaban J connectivity index is 2.41. The summed E-state index contributed by atoms with van der Waals surface area (Å²) in [6.07, 6.45) is 0. The lowest BCUT2D eigenvalue weighted by Crippen LogP contribution is -2.08. The Bertz CT molecular complexity index is 729. The van der Waals surface area contributed by atoms with Gasteiger partial charge >= 0.3 is 0 Å². The summed E-state index contributed by atoms with van der Waals surface area (Å²) in [4.78, 5) is 22.3. The predicted octanol–water partition coefficient (Wildman–Crippen LogP) is 2.58. The summed E-state index contributed by atoms with van der Waals surface area (Å²) in [6, 6.07) is 2.67. The molecular formula is C12H12N6O3S. The second-order valence-electron chi connectivity index (χ2n) is 4.17. The lowest BCUT2D eigenvalue weighted by atomic mass is 10.2. The van der Waals surface area contributed by atoms with Gasteiger partial charge in [0.1, 0.15) is 16.9 Å². The Morgan fingerprint density at radius 3 is 2.41 bits per heavy atom. The molecule has 0 unspecified atom stereocenters. The second kappa shape index (κ2) is 6.72. The molecule has 0 aliphatic rings. The van der Waals surface area contributed by atoms with Gasteiger partial charge in [-0.05, 0) is 6.07 Å². The zero-order chi connectivity index (χ0) is 16.1. The molecule has 2 rings (SSSR count). The number of rotatable bonds is 4. The fourth-order valence-corrected chi connectivity index (χ4v) is 1.92. The lowest BCUT2D eigenvalue weighted by molar-refractivity contribution is -0.115. The number of aromatic nitrogens is 2. The van der Waals surface area contributed by atoms with Crippen molar-refractivity contribution in [3.05, 3.63) is 17.6 Å². The van der Waals surface area contributed by atoms with Crippen LogP contribution >= 0.6 is 11.3 Å². The number of hydrogen-bond acceptors (Lipinski definition) is 8. The molecule has 0 aliphatic carbocycles. The Labute approximate surface area is 129 Å². The zero-order valence-electron chi connectivity index (χ0n) is 11.7. The van der Waals surface area contributed by atoms with Crippen molar-refractivity contribution in [2.45, 2.75) is 13.8 Å². The van der Waals surface area contributed by atoms with Gasteiger partial charge in [-0.15, -0.1) is 20.4 Å². The molecule has 0 saturated heterocycles. The number of nitrogens with zero attached hydrogens (tertiary/aromatic N) is 4. The molecule has 1 aromatic carbocycles. The van der Waals surface area contributed by atoms with E-state index < -0.39 is 0 Å². The molecule has 10 heteroatoms. The minimum absolute atomic E-state index is 0.160. The van der Waals surface area contributed by atoms with Crippen LogP contribution in [0.4, 0.5) is 22.2 Å². The van der Waals surface area contributed by atoms with E-state index in [1.807, 2.05) is 0 Å². The van der Waals surface area contributed by atoms with Crippen LogP contribution in [0.15, 0.2) is 27.9 Å². The molecule has 2 aromatic rings. The van der Waals surface area contributed by atoms with Gasteiger partial charge in [0.05, 0.1) is 11.4 Å². The van der Waals surface area contributed by atoms with Gasteiger partial charge in [0.25, 0.3) is 5.13 Å². The summed E-state index contributed by atoms with van der Waals surface area (Å²) in [6.45, 7) is 2.63. The third-order valence-corrected chi connectivity index (χ3v) is 2.90. The first-order valence-corrected chi connectivity index (χ1v) is 6.94. The highest BCUT2D eigenvalue weighted by Crippen LogP contribution is 2.36. The van der Waals surface area contributed by atoms with Gasteiger partial charge in [-0.3, -0.25) is 9.59 Å². The molecule has 0 fully saturated rings. The number of hydrogen-bond donors (Lipinski definition) is 3. The highest BCUT2D eigenvalue weighted by atomic mass is 32.1. The van der Waals surface area contributed by atoms with Crippen LogP contribution in [-0.4, -0.2) is 27.1 Å². The smallest absolute Gasteiger partial charge is 0.251 e. The average Bonchev–Trinajstić information content (AvgIpc) is 2.92. The predicted molar refractivity (Wildman–Crippen MR) is 80.8 cm³/mol. The Morgan fingerprint density at radius 2 is 1.82 bits per heavy atom. The first-order chi connectivity index (χ1) is 10.5. The van der Waals surface area contributed by atoms with E-state index in [0.717, 1.165) is 0 Å². The zero-order valence-corrected chi connectivity index (χ0v) is 12.5. The van der Waals surface area contributed by atoms with Crippen LogP contribution in [0.25, 0.3) is 0 Å². The van der Waals surface area contributed by atoms with Gasteiger partial charge in [0.15, 0.2) is 0 Å². The molecule has 0 spiro atoms. The molecule has 9 nitrogen and oxygen atoms in total. The number of azo groups is 1. The normalized spacial score (nSPS) is 10.6. The number of phenolic OH excluding ortho intramolecular Hbond substituents is 1. The summed E-state index contributed by atoms with van der Waals surface area (Å²) in [5.41, 5.74) is 2.18. The van der Waals surface area contributed by atoms with Crippen LogP contribution in [0.5, 0.6) is 5.75 Å². The molecule has 114 valence electrons. The maximum atomic E-state index is 11.2. The maximum Gasteiger partial charge on any atom is 0.251 e. The van der Waals surface area contributed by atoms with E-state index in [2.05, 4.69) is 31.1 Å². The highest BCUT2D eigenvalue weighted by Gasteiger charge is 2.11. The van der Waals surface area contributed by atoms with Gasteiger partial charge < -0.3 is 15.7 Å². The molecule has 1 aromatic heterocycles. The number of anilines is 2. The lowest BCUT2D eigenvalue weighted by Gasteiger charge is -2.10. The van der Waals surface area contributed by atoms with Crippen molar-refractivity contribution in [1.29, 1.82) is 0 Å².